The number of pyridine rings is 1. The van der Waals surface area contributed by atoms with Crippen molar-refractivity contribution in [3.8, 4) is 5.75 Å². The number of aromatic nitrogens is 1. The number of hydrogen-bond acceptors (Lipinski definition) is 4. The molecule has 0 spiro atoms. The zero-order valence-electron chi connectivity index (χ0n) is 16.2. The van der Waals surface area contributed by atoms with Crippen molar-refractivity contribution in [2.24, 2.45) is 7.05 Å². The molecule has 0 bridgehead atoms. The van der Waals surface area contributed by atoms with E-state index in [2.05, 4.69) is 5.32 Å². The van der Waals surface area contributed by atoms with E-state index >= 15 is 0 Å². The van der Waals surface area contributed by atoms with Crippen molar-refractivity contribution in [3.63, 3.8) is 0 Å². The summed E-state index contributed by atoms with van der Waals surface area (Å²) in [4.78, 5) is 39.4. The molecule has 1 saturated heterocycles. The van der Waals surface area contributed by atoms with Gasteiger partial charge in [-0.15, -0.1) is 0 Å². The number of hydrogen-bond donors (Lipinski definition) is 1. The first-order valence-electron chi connectivity index (χ1n) is 9.48. The number of carbonyl (C=O) groups excluding carboxylic acids is 2. The molecular weight excluding hydrogens is 358 g/mol. The van der Waals surface area contributed by atoms with Gasteiger partial charge >= 0.3 is 0 Å². The largest absolute Gasteiger partial charge is 0.481 e. The number of carbonyl (C=O) groups is 2. The Bertz CT molecular complexity index is 902. The van der Waals surface area contributed by atoms with E-state index in [0.29, 0.717) is 24.4 Å². The van der Waals surface area contributed by atoms with Crippen molar-refractivity contribution in [1.82, 2.24) is 9.47 Å². The molecule has 1 N–H and O–H groups in total. The Kier molecular flexibility index (Phi) is 6.13. The number of piperidine rings is 1. The highest BCUT2D eigenvalue weighted by Gasteiger charge is 2.22. The van der Waals surface area contributed by atoms with Crippen LogP contribution in [-0.4, -0.2) is 40.5 Å². The summed E-state index contributed by atoms with van der Waals surface area (Å²) in [5, 5.41) is 2.60. The minimum atomic E-state index is -0.798. The van der Waals surface area contributed by atoms with Crippen LogP contribution in [0.15, 0.2) is 47.4 Å². The minimum absolute atomic E-state index is 0.0684. The molecule has 28 heavy (non-hydrogen) atoms. The Labute approximate surface area is 163 Å². The molecule has 1 unspecified atom stereocenters. The molecule has 1 aliphatic rings. The summed E-state index contributed by atoms with van der Waals surface area (Å²) >= 11 is 0. The van der Waals surface area contributed by atoms with E-state index in [4.69, 9.17) is 4.74 Å². The molecule has 1 aromatic carbocycles. The summed E-state index contributed by atoms with van der Waals surface area (Å²) in [5.41, 5.74) is 0.0743. The van der Waals surface area contributed by atoms with Crippen LogP contribution in [0.3, 0.4) is 0 Å². The Hall–Kier alpha value is -3.09. The molecule has 0 aliphatic carbocycles. The molecule has 1 atom stereocenters. The van der Waals surface area contributed by atoms with E-state index in [9.17, 15) is 14.4 Å². The van der Waals surface area contributed by atoms with E-state index in [1.54, 1.807) is 31.0 Å². The molecule has 0 saturated carbocycles. The fourth-order valence-corrected chi connectivity index (χ4v) is 3.19. The highest BCUT2D eigenvalue weighted by atomic mass is 16.5. The number of nitrogens with one attached hydrogen (secondary N) is 1. The van der Waals surface area contributed by atoms with Gasteiger partial charge in [-0.1, -0.05) is 18.2 Å². The Morgan fingerprint density at radius 1 is 1.11 bits per heavy atom. The van der Waals surface area contributed by atoms with Crippen LogP contribution in [0.1, 0.15) is 36.5 Å². The van der Waals surface area contributed by atoms with Gasteiger partial charge < -0.3 is 19.5 Å². The van der Waals surface area contributed by atoms with Crippen LogP contribution in [0.2, 0.25) is 0 Å². The van der Waals surface area contributed by atoms with E-state index in [-0.39, 0.29) is 17.2 Å². The van der Waals surface area contributed by atoms with Crippen LogP contribution in [-0.2, 0) is 11.8 Å². The van der Waals surface area contributed by atoms with E-state index in [0.717, 1.165) is 19.3 Å². The maximum absolute atomic E-state index is 12.7. The van der Waals surface area contributed by atoms with Gasteiger partial charge in [-0.25, -0.2) is 0 Å². The Morgan fingerprint density at radius 2 is 1.79 bits per heavy atom. The van der Waals surface area contributed by atoms with Gasteiger partial charge in [0.05, 0.1) is 5.56 Å². The predicted octanol–water partition coefficient (Wildman–Crippen LogP) is 2.42. The highest BCUT2D eigenvalue weighted by Crippen LogP contribution is 2.15. The van der Waals surface area contributed by atoms with Crippen LogP contribution in [0.25, 0.3) is 0 Å². The molecule has 7 nitrogen and oxygen atoms in total. The van der Waals surface area contributed by atoms with Crippen LogP contribution in [0.5, 0.6) is 5.75 Å². The molecule has 3 rings (SSSR count). The average molecular weight is 383 g/mol. The number of rotatable bonds is 5. The lowest BCUT2D eigenvalue weighted by molar-refractivity contribution is -0.122. The number of anilines is 1. The molecule has 2 amide bonds. The lowest BCUT2D eigenvalue weighted by atomic mass is 10.1. The second kappa shape index (κ2) is 8.73. The van der Waals surface area contributed by atoms with Crippen molar-refractivity contribution in [2.75, 3.05) is 18.4 Å². The number of nitrogens with zero attached hydrogens (tertiary/aromatic N) is 2. The van der Waals surface area contributed by atoms with E-state index in [1.807, 2.05) is 18.2 Å². The molecule has 148 valence electrons. The summed E-state index contributed by atoms with van der Waals surface area (Å²) in [7, 11) is 1.56. The summed E-state index contributed by atoms with van der Waals surface area (Å²) in [6.45, 7) is 3.03. The summed E-state index contributed by atoms with van der Waals surface area (Å²) in [5.74, 6) is -0.0185. The van der Waals surface area contributed by atoms with E-state index < -0.39 is 12.0 Å². The Morgan fingerprint density at radius 3 is 2.46 bits per heavy atom. The van der Waals surface area contributed by atoms with Crippen LogP contribution in [0, 0.1) is 0 Å². The molecule has 7 heteroatoms. The van der Waals surface area contributed by atoms with Crippen molar-refractivity contribution in [2.45, 2.75) is 32.3 Å². The van der Waals surface area contributed by atoms with Crippen LogP contribution in [0.4, 0.5) is 5.69 Å². The van der Waals surface area contributed by atoms with Crippen molar-refractivity contribution in [1.29, 1.82) is 0 Å². The first-order chi connectivity index (χ1) is 13.5. The van der Waals surface area contributed by atoms with Crippen molar-refractivity contribution < 1.29 is 14.3 Å². The first-order valence-corrected chi connectivity index (χ1v) is 9.48. The van der Waals surface area contributed by atoms with Gasteiger partial charge in [-0.05, 0) is 44.4 Å². The second-order valence-corrected chi connectivity index (χ2v) is 6.97. The number of likely N-dealkylation sites (tertiary alicyclic amines) is 1. The summed E-state index contributed by atoms with van der Waals surface area (Å²) in [6.07, 6.45) is 3.80. The lowest BCUT2D eigenvalue weighted by Gasteiger charge is -2.27. The molecule has 0 radical (unpaired) electrons. The van der Waals surface area contributed by atoms with Gasteiger partial charge in [-0.3, -0.25) is 14.4 Å². The third-order valence-electron chi connectivity index (χ3n) is 4.76. The van der Waals surface area contributed by atoms with Gasteiger partial charge in [0.1, 0.15) is 11.4 Å². The molecular formula is C21H25N3O4. The first kappa shape index (κ1) is 19.7. The average Bonchev–Trinajstić information content (AvgIpc) is 2.72. The molecule has 1 aromatic heterocycles. The van der Waals surface area contributed by atoms with Gasteiger partial charge in [-0.2, -0.15) is 0 Å². The van der Waals surface area contributed by atoms with Crippen LogP contribution < -0.4 is 15.6 Å². The number of para-hydroxylation sites is 1. The fraction of sp³-hybridized carbons (Fsp3) is 0.381. The zero-order chi connectivity index (χ0) is 20.1. The monoisotopic (exact) mass is 383 g/mol. The maximum Gasteiger partial charge on any atom is 0.274 e. The van der Waals surface area contributed by atoms with E-state index in [1.165, 1.54) is 16.8 Å². The van der Waals surface area contributed by atoms with Gasteiger partial charge in [0.2, 0.25) is 0 Å². The maximum atomic E-state index is 12.7. The smallest absolute Gasteiger partial charge is 0.274 e. The topological polar surface area (TPSA) is 80.6 Å². The van der Waals surface area contributed by atoms with Gasteiger partial charge in [0.25, 0.3) is 17.4 Å². The fourth-order valence-electron chi connectivity index (χ4n) is 3.19. The standard InChI is InChI=1S/C21H25N3O4/c1-15(28-17-9-5-3-6-10-17)19(25)22-18-13-16(14-23(2)21(18)27)20(26)24-11-7-4-8-12-24/h3,5-6,9-10,13-15H,4,7-8,11-12H2,1-2H3,(H,22,25). The molecule has 1 fully saturated rings. The highest BCUT2D eigenvalue weighted by molar-refractivity contribution is 5.98. The zero-order valence-corrected chi connectivity index (χ0v) is 16.2. The number of benzene rings is 1. The molecule has 2 heterocycles. The normalized spacial score (nSPS) is 15.0. The van der Waals surface area contributed by atoms with Crippen molar-refractivity contribution >= 4 is 17.5 Å². The molecule has 2 aromatic rings. The summed E-state index contributed by atoms with van der Waals surface area (Å²) < 4.78 is 6.91. The molecule has 1 aliphatic heterocycles. The Balaban J connectivity index is 1.75. The lowest BCUT2D eigenvalue weighted by Crippen LogP contribution is -2.37. The number of amides is 2. The number of ether oxygens (including phenoxy) is 1. The third kappa shape index (κ3) is 4.60. The SMILES string of the molecule is CC(Oc1ccccc1)C(=O)Nc1cc(C(=O)N2CCCCC2)cn(C)c1=O. The minimum Gasteiger partial charge on any atom is -0.481 e. The third-order valence-corrected chi connectivity index (χ3v) is 4.76. The van der Waals surface area contributed by atoms with Crippen molar-refractivity contribution in [3.05, 3.63) is 58.5 Å². The number of aryl methyl sites for hydroxylation is 1. The summed E-state index contributed by atoms with van der Waals surface area (Å²) in [6, 6.07) is 10.4. The quantitative estimate of drug-likeness (QED) is 0.860. The van der Waals surface area contributed by atoms with Gasteiger partial charge in [0.15, 0.2) is 6.10 Å². The van der Waals surface area contributed by atoms with Crippen LogP contribution >= 0.6 is 0 Å². The predicted molar refractivity (Wildman–Crippen MR) is 107 cm³/mol. The second-order valence-electron chi connectivity index (χ2n) is 6.97. The van der Waals surface area contributed by atoms with Gasteiger partial charge in [0, 0.05) is 26.3 Å².